The highest BCUT2D eigenvalue weighted by Gasteiger charge is 2.34. The first-order valence-corrected chi connectivity index (χ1v) is 11.0. The van der Waals surface area contributed by atoms with Gasteiger partial charge >= 0.3 is 6.09 Å². The quantitative estimate of drug-likeness (QED) is 0.530. The van der Waals surface area contributed by atoms with Crippen LogP contribution in [0.15, 0.2) is 48.8 Å². The largest absolute Gasteiger partial charge is 0.508 e. The van der Waals surface area contributed by atoms with Gasteiger partial charge in [-0.1, -0.05) is 26.0 Å². The number of ether oxygens (including phenoxy) is 1. The van der Waals surface area contributed by atoms with E-state index in [1.807, 2.05) is 24.8 Å². The van der Waals surface area contributed by atoms with Crippen molar-refractivity contribution in [1.82, 2.24) is 20.5 Å². The summed E-state index contributed by atoms with van der Waals surface area (Å²) < 4.78 is 5.22. The van der Waals surface area contributed by atoms with Crippen LogP contribution >= 0.6 is 0 Å². The summed E-state index contributed by atoms with van der Waals surface area (Å²) in [6.07, 6.45) is 2.92. The van der Waals surface area contributed by atoms with E-state index in [1.54, 1.807) is 42.7 Å². The number of nitrogens with one attached hydrogen (secondary N) is 2. The highest BCUT2D eigenvalue weighted by Crippen LogP contribution is 2.16. The lowest BCUT2D eigenvalue weighted by Gasteiger charge is -2.22. The number of pyridine rings is 1. The third-order valence-electron chi connectivity index (χ3n) is 5.28. The van der Waals surface area contributed by atoms with Gasteiger partial charge in [0.1, 0.15) is 24.4 Å². The number of carbonyl (C=O) groups is 3. The molecule has 1 fully saturated rings. The number of hydrogen-bond donors (Lipinski definition) is 3. The molecule has 1 aliphatic heterocycles. The molecular weight excluding hydrogens is 424 g/mol. The number of aromatic hydroxyl groups is 1. The molecule has 9 nitrogen and oxygen atoms in total. The molecule has 0 saturated carbocycles. The van der Waals surface area contributed by atoms with Crippen LogP contribution in [-0.4, -0.2) is 57.9 Å². The number of likely N-dealkylation sites (tertiary alicyclic amines) is 1. The molecule has 2 amide bonds. The normalized spacial score (nSPS) is 17.1. The fourth-order valence-electron chi connectivity index (χ4n) is 3.70. The number of phenolic OH excluding ortho intramolecular Hbond substituents is 1. The van der Waals surface area contributed by atoms with E-state index in [0.29, 0.717) is 19.5 Å². The summed E-state index contributed by atoms with van der Waals surface area (Å²) in [6, 6.07) is 8.86. The van der Waals surface area contributed by atoms with Gasteiger partial charge < -0.3 is 20.5 Å². The van der Waals surface area contributed by atoms with Crippen molar-refractivity contribution in [2.45, 2.75) is 45.5 Å². The van der Waals surface area contributed by atoms with Gasteiger partial charge in [-0.15, -0.1) is 0 Å². The molecule has 1 unspecified atom stereocenters. The molecule has 1 saturated heterocycles. The van der Waals surface area contributed by atoms with Gasteiger partial charge in [0.05, 0.1) is 6.54 Å². The second kappa shape index (κ2) is 11.4. The number of rotatable bonds is 9. The first-order valence-electron chi connectivity index (χ1n) is 11.0. The van der Waals surface area contributed by atoms with E-state index in [2.05, 4.69) is 15.6 Å². The SMILES string of the molecule is CC(C)C[C@H](NC(=O)OCc1ccncc1)C(=O)NC1CN(Cc2cccc(O)c2)CC1=O. The molecule has 2 aromatic rings. The molecule has 1 aromatic heterocycles. The highest BCUT2D eigenvalue weighted by molar-refractivity contribution is 5.94. The number of amides is 2. The smallest absolute Gasteiger partial charge is 0.408 e. The van der Waals surface area contributed by atoms with Gasteiger partial charge in [0.15, 0.2) is 5.78 Å². The summed E-state index contributed by atoms with van der Waals surface area (Å²) in [5.74, 6) is -0.196. The van der Waals surface area contributed by atoms with Crippen molar-refractivity contribution in [2.24, 2.45) is 5.92 Å². The van der Waals surface area contributed by atoms with Gasteiger partial charge in [0, 0.05) is 25.5 Å². The van der Waals surface area contributed by atoms with Crippen LogP contribution in [0.1, 0.15) is 31.4 Å². The Morgan fingerprint density at radius 1 is 1.21 bits per heavy atom. The molecule has 3 N–H and O–H groups in total. The van der Waals surface area contributed by atoms with E-state index >= 15 is 0 Å². The van der Waals surface area contributed by atoms with Crippen molar-refractivity contribution in [2.75, 3.05) is 13.1 Å². The standard InChI is InChI=1S/C24H30N4O5/c1-16(2)10-20(27-24(32)33-15-17-6-8-25-9-7-17)23(31)26-21-13-28(14-22(21)30)12-18-4-3-5-19(29)11-18/h3-9,11,16,20-21,29H,10,12-15H2,1-2H3,(H,26,31)(H,27,32)/t20-,21?/m0/s1. The molecule has 176 valence electrons. The maximum atomic E-state index is 12.9. The van der Waals surface area contributed by atoms with E-state index in [9.17, 15) is 19.5 Å². The van der Waals surface area contributed by atoms with Crippen molar-refractivity contribution in [3.8, 4) is 5.75 Å². The lowest BCUT2D eigenvalue weighted by molar-refractivity contribution is -0.127. The van der Waals surface area contributed by atoms with Crippen LogP contribution in [0.25, 0.3) is 0 Å². The predicted octanol–water partition coefficient (Wildman–Crippen LogP) is 2.00. The van der Waals surface area contributed by atoms with Crippen LogP contribution in [-0.2, 0) is 27.5 Å². The summed E-state index contributed by atoms with van der Waals surface area (Å²) in [4.78, 5) is 43.5. The van der Waals surface area contributed by atoms with Crippen LogP contribution in [0.5, 0.6) is 5.75 Å². The number of nitrogens with zero attached hydrogens (tertiary/aromatic N) is 2. The minimum atomic E-state index is -0.817. The highest BCUT2D eigenvalue weighted by atomic mass is 16.5. The van der Waals surface area contributed by atoms with E-state index in [-0.39, 0.29) is 30.6 Å². The van der Waals surface area contributed by atoms with Crippen LogP contribution in [0, 0.1) is 5.92 Å². The molecule has 9 heteroatoms. The van der Waals surface area contributed by atoms with Crippen molar-refractivity contribution < 1.29 is 24.2 Å². The summed E-state index contributed by atoms with van der Waals surface area (Å²) in [7, 11) is 0. The zero-order valence-electron chi connectivity index (χ0n) is 18.9. The second-order valence-electron chi connectivity index (χ2n) is 8.63. The summed E-state index contributed by atoms with van der Waals surface area (Å²) in [6.45, 7) is 5.01. The first-order chi connectivity index (χ1) is 15.8. The van der Waals surface area contributed by atoms with E-state index in [0.717, 1.165) is 11.1 Å². The summed E-state index contributed by atoms with van der Waals surface area (Å²) in [5, 5.41) is 15.0. The number of aromatic nitrogens is 1. The molecule has 2 heterocycles. The number of carbonyl (C=O) groups excluding carboxylic acids is 3. The number of benzene rings is 1. The van der Waals surface area contributed by atoms with Gasteiger partial charge in [-0.2, -0.15) is 0 Å². The number of hydrogen-bond acceptors (Lipinski definition) is 7. The molecule has 0 bridgehead atoms. The lowest BCUT2D eigenvalue weighted by atomic mass is 10.0. The van der Waals surface area contributed by atoms with Gasteiger partial charge in [-0.25, -0.2) is 4.79 Å². The van der Waals surface area contributed by atoms with E-state index in [1.165, 1.54) is 0 Å². The number of Topliss-reactive ketones (excluding diaryl/α,β-unsaturated/α-hetero) is 1. The molecule has 0 spiro atoms. The van der Waals surface area contributed by atoms with Crippen molar-refractivity contribution in [1.29, 1.82) is 0 Å². The third kappa shape index (κ3) is 7.57. The molecule has 0 aliphatic carbocycles. The molecule has 3 rings (SSSR count). The van der Waals surface area contributed by atoms with Crippen LogP contribution in [0.3, 0.4) is 0 Å². The molecule has 2 atom stereocenters. The van der Waals surface area contributed by atoms with E-state index in [4.69, 9.17) is 4.74 Å². The Balaban J connectivity index is 1.54. The Morgan fingerprint density at radius 3 is 2.67 bits per heavy atom. The van der Waals surface area contributed by atoms with E-state index < -0.39 is 24.1 Å². The Labute approximate surface area is 193 Å². The van der Waals surface area contributed by atoms with Gasteiger partial charge in [-0.3, -0.25) is 19.5 Å². The molecule has 0 radical (unpaired) electrons. The molecular formula is C24H30N4O5. The average molecular weight is 455 g/mol. The van der Waals surface area contributed by atoms with Crippen LogP contribution < -0.4 is 10.6 Å². The van der Waals surface area contributed by atoms with Crippen molar-refractivity contribution in [3.05, 3.63) is 59.9 Å². The third-order valence-corrected chi connectivity index (χ3v) is 5.28. The second-order valence-corrected chi connectivity index (χ2v) is 8.63. The monoisotopic (exact) mass is 454 g/mol. The van der Waals surface area contributed by atoms with Gasteiger partial charge in [-0.05, 0) is 47.7 Å². The topological polar surface area (TPSA) is 121 Å². The Hall–Kier alpha value is -3.46. The zero-order chi connectivity index (χ0) is 23.8. The fourth-order valence-corrected chi connectivity index (χ4v) is 3.70. The Bertz CT molecular complexity index is 966. The number of alkyl carbamates (subject to hydrolysis) is 1. The summed E-state index contributed by atoms with van der Waals surface area (Å²) in [5.41, 5.74) is 1.67. The van der Waals surface area contributed by atoms with Crippen molar-refractivity contribution >= 4 is 17.8 Å². The zero-order valence-corrected chi connectivity index (χ0v) is 18.9. The summed E-state index contributed by atoms with van der Waals surface area (Å²) >= 11 is 0. The van der Waals surface area contributed by atoms with Gasteiger partial charge in [0.25, 0.3) is 0 Å². The predicted molar refractivity (Wildman–Crippen MR) is 121 cm³/mol. The maximum Gasteiger partial charge on any atom is 0.408 e. The maximum absolute atomic E-state index is 12.9. The lowest BCUT2D eigenvalue weighted by Crippen LogP contribution is -2.52. The Morgan fingerprint density at radius 2 is 1.97 bits per heavy atom. The average Bonchev–Trinajstić information content (AvgIpc) is 3.10. The Kier molecular flexibility index (Phi) is 8.37. The number of ketones is 1. The molecule has 1 aliphatic rings. The first kappa shape index (κ1) is 24.2. The fraction of sp³-hybridized carbons (Fsp3) is 0.417. The molecule has 1 aromatic carbocycles. The number of phenols is 1. The molecule has 33 heavy (non-hydrogen) atoms. The van der Waals surface area contributed by atoms with Crippen molar-refractivity contribution in [3.63, 3.8) is 0 Å². The minimum Gasteiger partial charge on any atom is -0.508 e. The minimum absolute atomic E-state index is 0.0650. The van der Waals surface area contributed by atoms with Crippen LogP contribution in [0.4, 0.5) is 4.79 Å². The van der Waals surface area contributed by atoms with Gasteiger partial charge in [0.2, 0.25) is 5.91 Å². The van der Waals surface area contributed by atoms with Crippen LogP contribution in [0.2, 0.25) is 0 Å².